The second-order valence-corrected chi connectivity index (χ2v) is 5.38. The Morgan fingerprint density at radius 1 is 1.24 bits per heavy atom. The lowest BCUT2D eigenvalue weighted by atomic mass is 10.1. The molecule has 2 N–H and O–H groups in total. The number of likely N-dealkylation sites (N-methyl/N-ethyl adjacent to an activating group) is 2. The van der Waals surface area contributed by atoms with Crippen molar-refractivity contribution in [1.29, 1.82) is 0 Å². The lowest BCUT2D eigenvalue weighted by molar-refractivity contribution is -0.125. The summed E-state index contributed by atoms with van der Waals surface area (Å²) >= 11 is 0. The van der Waals surface area contributed by atoms with E-state index in [1.807, 2.05) is 0 Å². The van der Waals surface area contributed by atoms with E-state index in [2.05, 4.69) is 34.5 Å². The minimum atomic E-state index is -0.0408. The van der Waals surface area contributed by atoms with Gasteiger partial charge in [-0.15, -0.1) is 0 Å². The number of amides is 1. The molecular weight excluding hydrogens is 216 g/mol. The van der Waals surface area contributed by atoms with Crippen molar-refractivity contribution in [3.63, 3.8) is 0 Å². The van der Waals surface area contributed by atoms with Gasteiger partial charge in [-0.3, -0.25) is 4.79 Å². The van der Waals surface area contributed by atoms with Crippen LogP contribution in [0, 0.1) is 0 Å². The number of nitrogens with zero attached hydrogens (tertiary/aromatic N) is 2. The smallest absolute Gasteiger partial charge is 0.238 e. The molecule has 17 heavy (non-hydrogen) atoms. The molecule has 5 heteroatoms. The highest BCUT2D eigenvalue weighted by molar-refractivity contribution is 5.82. The first-order valence-electron chi connectivity index (χ1n) is 6.56. The van der Waals surface area contributed by atoms with Gasteiger partial charge >= 0.3 is 0 Å². The molecular formula is C12H24N4O. The van der Waals surface area contributed by atoms with Gasteiger partial charge in [-0.1, -0.05) is 0 Å². The Labute approximate surface area is 104 Å². The number of hydrogen-bond acceptors (Lipinski definition) is 4. The molecule has 0 bridgehead atoms. The summed E-state index contributed by atoms with van der Waals surface area (Å²) in [7, 11) is 4.18. The first-order valence-corrected chi connectivity index (χ1v) is 6.56. The highest BCUT2D eigenvalue weighted by atomic mass is 16.2. The summed E-state index contributed by atoms with van der Waals surface area (Å²) in [5.74, 6) is 0.164. The molecule has 0 saturated carbocycles. The second kappa shape index (κ2) is 5.80. The molecule has 98 valence electrons. The molecule has 1 amide bonds. The third kappa shape index (κ3) is 3.66. The predicted molar refractivity (Wildman–Crippen MR) is 67.9 cm³/mol. The lowest BCUT2D eigenvalue weighted by Crippen LogP contribution is -2.58. The molecule has 2 unspecified atom stereocenters. The molecule has 2 aliphatic rings. The van der Waals surface area contributed by atoms with Crippen LogP contribution < -0.4 is 10.6 Å². The molecule has 2 rings (SSSR count). The maximum Gasteiger partial charge on any atom is 0.238 e. The summed E-state index contributed by atoms with van der Waals surface area (Å²) in [5.41, 5.74) is 0. The summed E-state index contributed by atoms with van der Waals surface area (Å²) in [6.45, 7) is 4.87. The van der Waals surface area contributed by atoms with Crippen LogP contribution in [0.4, 0.5) is 0 Å². The van der Waals surface area contributed by atoms with Gasteiger partial charge in [0.15, 0.2) is 0 Å². The molecule has 2 fully saturated rings. The third-order valence-corrected chi connectivity index (χ3v) is 3.67. The number of likely N-dealkylation sites (tertiary alicyclic amines) is 1. The minimum absolute atomic E-state index is 0.0408. The van der Waals surface area contributed by atoms with Crippen molar-refractivity contribution < 1.29 is 4.79 Å². The molecule has 0 spiro atoms. The average molecular weight is 240 g/mol. The van der Waals surface area contributed by atoms with Crippen LogP contribution in [-0.2, 0) is 4.79 Å². The van der Waals surface area contributed by atoms with Crippen molar-refractivity contribution in [2.24, 2.45) is 0 Å². The van der Waals surface area contributed by atoms with Gasteiger partial charge in [0.25, 0.3) is 0 Å². The van der Waals surface area contributed by atoms with E-state index >= 15 is 0 Å². The predicted octanol–water partition coefficient (Wildman–Crippen LogP) is -0.900. The quantitative estimate of drug-likeness (QED) is 0.657. The van der Waals surface area contributed by atoms with Crippen LogP contribution >= 0.6 is 0 Å². The number of nitrogens with one attached hydrogen (secondary N) is 2. The highest BCUT2D eigenvalue weighted by Gasteiger charge is 2.26. The van der Waals surface area contributed by atoms with Crippen molar-refractivity contribution in [1.82, 2.24) is 20.4 Å². The highest BCUT2D eigenvalue weighted by Crippen LogP contribution is 2.08. The van der Waals surface area contributed by atoms with Gasteiger partial charge in [0.1, 0.15) is 0 Å². The van der Waals surface area contributed by atoms with Gasteiger partial charge < -0.3 is 20.4 Å². The fourth-order valence-electron chi connectivity index (χ4n) is 2.66. The molecule has 2 aliphatic heterocycles. The van der Waals surface area contributed by atoms with Gasteiger partial charge in [0.05, 0.1) is 6.04 Å². The molecule has 0 radical (unpaired) electrons. The molecule has 0 aliphatic carbocycles. The van der Waals surface area contributed by atoms with E-state index in [-0.39, 0.29) is 11.9 Å². The van der Waals surface area contributed by atoms with Crippen molar-refractivity contribution in [2.75, 3.05) is 46.8 Å². The Morgan fingerprint density at radius 2 is 2.00 bits per heavy atom. The second-order valence-electron chi connectivity index (χ2n) is 5.38. The van der Waals surface area contributed by atoms with Crippen molar-refractivity contribution >= 4 is 5.91 Å². The lowest BCUT2D eigenvalue weighted by Gasteiger charge is -2.34. The maximum absolute atomic E-state index is 12.1. The van der Waals surface area contributed by atoms with Crippen LogP contribution in [0.1, 0.15) is 12.8 Å². The van der Waals surface area contributed by atoms with Gasteiger partial charge in [-0.2, -0.15) is 0 Å². The van der Waals surface area contributed by atoms with E-state index in [9.17, 15) is 4.79 Å². The Balaban J connectivity index is 1.79. The molecule has 0 aromatic carbocycles. The Bertz CT molecular complexity index is 271. The first kappa shape index (κ1) is 12.8. The van der Waals surface area contributed by atoms with Crippen LogP contribution in [0.2, 0.25) is 0 Å². The normalized spacial score (nSPS) is 32.4. The number of carbonyl (C=O) groups is 1. The van der Waals surface area contributed by atoms with Crippen molar-refractivity contribution in [2.45, 2.75) is 24.9 Å². The fraction of sp³-hybridized carbons (Fsp3) is 0.917. The van der Waals surface area contributed by atoms with E-state index < -0.39 is 0 Å². The van der Waals surface area contributed by atoms with Gasteiger partial charge in [0.2, 0.25) is 5.91 Å². The Morgan fingerprint density at radius 3 is 2.71 bits per heavy atom. The monoisotopic (exact) mass is 240 g/mol. The third-order valence-electron chi connectivity index (χ3n) is 3.67. The Hall–Kier alpha value is -0.650. The SMILES string of the molecule is CN1CCCC(NC(=O)C2CN(C)CCN2)C1. The van der Waals surface area contributed by atoms with Crippen LogP contribution in [0.15, 0.2) is 0 Å². The van der Waals surface area contributed by atoms with Crippen LogP contribution in [0.5, 0.6) is 0 Å². The molecule has 5 nitrogen and oxygen atoms in total. The largest absolute Gasteiger partial charge is 0.351 e. The van der Waals surface area contributed by atoms with E-state index in [4.69, 9.17) is 0 Å². The van der Waals surface area contributed by atoms with Gasteiger partial charge in [-0.05, 0) is 33.5 Å². The summed E-state index contributed by atoms with van der Waals surface area (Å²) in [4.78, 5) is 16.6. The molecule has 0 aromatic rings. The minimum Gasteiger partial charge on any atom is -0.351 e. The average Bonchev–Trinajstić information content (AvgIpc) is 2.29. The van der Waals surface area contributed by atoms with Crippen molar-refractivity contribution in [3.8, 4) is 0 Å². The van der Waals surface area contributed by atoms with E-state index in [1.54, 1.807) is 0 Å². The van der Waals surface area contributed by atoms with Crippen LogP contribution in [-0.4, -0.2) is 74.6 Å². The molecule has 0 aromatic heterocycles. The number of rotatable bonds is 2. The fourth-order valence-corrected chi connectivity index (χ4v) is 2.66. The standard InChI is InChI=1S/C12H24N4O/c1-15-6-3-4-10(8-15)14-12(17)11-9-16(2)7-5-13-11/h10-11,13H,3-9H2,1-2H3,(H,14,17). The summed E-state index contributed by atoms with van der Waals surface area (Å²) in [5, 5.41) is 6.45. The molecule has 2 heterocycles. The topological polar surface area (TPSA) is 47.6 Å². The summed E-state index contributed by atoms with van der Waals surface area (Å²) < 4.78 is 0. The first-order chi connectivity index (χ1) is 8.15. The Kier molecular flexibility index (Phi) is 4.36. The van der Waals surface area contributed by atoms with Gasteiger partial charge in [-0.25, -0.2) is 0 Å². The molecule has 2 atom stereocenters. The molecule has 2 saturated heterocycles. The van der Waals surface area contributed by atoms with E-state index in [0.29, 0.717) is 6.04 Å². The zero-order chi connectivity index (χ0) is 12.3. The van der Waals surface area contributed by atoms with Crippen LogP contribution in [0.25, 0.3) is 0 Å². The summed E-state index contributed by atoms with van der Waals surface area (Å²) in [6.07, 6.45) is 2.29. The van der Waals surface area contributed by atoms with Crippen LogP contribution in [0.3, 0.4) is 0 Å². The summed E-state index contributed by atoms with van der Waals surface area (Å²) in [6, 6.07) is 0.288. The maximum atomic E-state index is 12.1. The number of hydrogen-bond donors (Lipinski definition) is 2. The van der Waals surface area contributed by atoms with Gasteiger partial charge in [0, 0.05) is 32.2 Å². The number of piperazine rings is 1. The zero-order valence-corrected chi connectivity index (χ0v) is 10.9. The zero-order valence-electron chi connectivity index (χ0n) is 10.9. The number of carbonyl (C=O) groups excluding carboxylic acids is 1. The van der Waals surface area contributed by atoms with E-state index in [0.717, 1.165) is 39.1 Å². The van der Waals surface area contributed by atoms with E-state index in [1.165, 1.54) is 6.42 Å². The number of piperidine rings is 1. The van der Waals surface area contributed by atoms with Crippen molar-refractivity contribution in [3.05, 3.63) is 0 Å².